The second-order valence-corrected chi connectivity index (χ2v) is 16.1. The van der Waals surface area contributed by atoms with Crippen LogP contribution >= 0.6 is 0 Å². The van der Waals surface area contributed by atoms with Crippen LogP contribution in [0.15, 0.2) is 60.7 Å². The van der Waals surface area contributed by atoms with Crippen LogP contribution in [0.1, 0.15) is 85.5 Å². The predicted molar refractivity (Wildman–Crippen MR) is 195 cm³/mol. The lowest BCUT2D eigenvalue weighted by molar-refractivity contribution is -0.194. The number of ketones is 1. The van der Waals surface area contributed by atoms with Gasteiger partial charge in [-0.15, -0.1) is 0 Å². The van der Waals surface area contributed by atoms with Crippen molar-refractivity contribution in [3.63, 3.8) is 0 Å². The second kappa shape index (κ2) is 12.9. The molecule has 51 heavy (non-hydrogen) atoms. The van der Waals surface area contributed by atoms with Gasteiger partial charge in [-0.3, -0.25) is 4.79 Å². The van der Waals surface area contributed by atoms with Crippen LogP contribution in [0, 0.1) is 35.5 Å². The highest BCUT2D eigenvalue weighted by molar-refractivity contribution is 5.81. The minimum Gasteiger partial charge on any atom is -0.504 e. The molecule has 0 amide bonds. The molecule has 3 aromatic carbocycles. The van der Waals surface area contributed by atoms with Crippen LogP contribution in [-0.4, -0.2) is 64.6 Å². The van der Waals surface area contributed by atoms with Gasteiger partial charge in [-0.1, -0.05) is 54.7 Å². The zero-order valence-electron chi connectivity index (χ0n) is 29.6. The maximum Gasteiger partial charge on any atom is 0.160 e. The van der Waals surface area contributed by atoms with Gasteiger partial charge in [-0.05, 0) is 104 Å². The fourth-order valence-corrected chi connectivity index (χ4v) is 11.7. The molecule has 8 heteroatoms. The average Bonchev–Trinajstić information content (AvgIpc) is 3.12. The van der Waals surface area contributed by atoms with Gasteiger partial charge in [-0.25, -0.2) is 0 Å². The molecule has 268 valence electrons. The number of rotatable bonds is 6. The molecule has 6 N–H and O–H groups in total. The van der Waals surface area contributed by atoms with E-state index < -0.39 is 11.0 Å². The summed E-state index contributed by atoms with van der Waals surface area (Å²) in [4.78, 5) is 14.6. The first-order valence-electron chi connectivity index (χ1n) is 18.7. The maximum absolute atomic E-state index is 14.6. The van der Waals surface area contributed by atoms with Crippen LogP contribution in [0.4, 0.5) is 0 Å². The number of phenolic OH excluding ortho intramolecular Hbond substituents is 3. The topological polar surface area (TPSA) is 131 Å². The van der Waals surface area contributed by atoms with Gasteiger partial charge in [0.2, 0.25) is 0 Å². The highest BCUT2D eigenvalue weighted by Crippen LogP contribution is 2.70. The summed E-state index contributed by atoms with van der Waals surface area (Å²) in [7, 11) is 3.47. The zero-order valence-corrected chi connectivity index (χ0v) is 29.6. The lowest BCUT2D eigenvalue weighted by atomic mass is 9.35. The van der Waals surface area contributed by atoms with Crippen molar-refractivity contribution >= 4 is 5.78 Å². The van der Waals surface area contributed by atoms with Crippen LogP contribution in [0.3, 0.4) is 0 Å². The fourth-order valence-electron chi connectivity index (χ4n) is 11.7. The molecule has 8 rings (SSSR count). The number of ether oxygens (including phenoxy) is 1. The van der Waals surface area contributed by atoms with Gasteiger partial charge in [0, 0.05) is 60.6 Å². The second-order valence-electron chi connectivity index (χ2n) is 16.1. The molecule has 5 aliphatic rings. The number of aliphatic hydroxyl groups is 1. The summed E-state index contributed by atoms with van der Waals surface area (Å²) in [5, 5.41) is 53.0. The number of nitrogens with one attached hydrogen (secondary N) is 2. The van der Waals surface area contributed by atoms with Crippen molar-refractivity contribution in [1.82, 2.24) is 10.6 Å². The van der Waals surface area contributed by atoms with Crippen LogP contribution in [-0.2, 0) is 16.6 Å². The van der Waals surface area contributed by atoms with Crippen molar-refractivity contribution in [1.29, 1.82) is 0 Å². The molecule has 1 spiro atoms. The molecule has 3 fully saturated rings. The number of Topliss-reactive ketones (excluding diaryl/α,β-unsaturated/α-hetero) is 1. The number of likely N-dealkylation sites (N-methyl/N-ethyl adjacent to an activating group) is 1. The standard InChI is InChI=1S/C43H50N2O6/c1-44-24-30-18-31-9-6-14-42-16-15-41(50)23-32(46)20-33(28-12-13-36(47)39(19-28)51-2)27(17-26-7-4-3-5-8-26)10-11-29(25-45-42)40(41)43(31,42)35-22-38(49)37(48)21-34(30)35/h3-5,7-8,12-13,19,21-22,27,29-31,33,40,44-45,47-50H,6,9,14-18,20,23-25H2,1-2H3/t27-,29-,30-,31-,33+,40-,41+,42-,43+/m1/s1. The lowest BCUT2D eigenvalue weighted by Crippen LogP contribution is -2.80. The molecule has 1 saturated heterocycles. The van der Waals surface area contributed by atoms with E-state index in [0.717, 1.165) is 60.9 Å². The Balaban J connectivity index is 1.33. The van der Waals surface area contributed by atoms with Gasteiger partial charge in [0.15, 0.2) is 23.0 Å². The number of phenols is 3. The molecular weight excluding hydrogens is 640 g/mol. The maximum atomic E-state index is 14.6. The number of fused-ring (bicyclic) bond motifs is 1. The smallest absolute Gasteiger partial charge is 0.160 e. The average molecular weight is 691 g/mol. The third kappa shape index (κ3) is 5.34. The highest BCUT2D eigenvalue weighted by Gasteiger charge is 2.73. The molecular formula is C43H50N2O6. The number of carbonyl (C=O) groups is 1. The first-order valence-corrected chi connectivity index (χ1v) is 18.7. The zero-order chi connectivity index (χ0) is 35.5. The number of piperidine rings is 1. The van der Waals surface area contributed by atoms with Crippen LogP contribution < -0.4 is 15.4 Å². The minimum atomic E-state index is -1.30. The number of methoxy groups -OCH3 is 1. The Bertz CT molecular complexity index is 1890. The van der Waals surface area contributed by atoms with Gasteiger partial charge in [0.1, 0.15) is 5.78 Å². The largest absolute Gasteiger partial charge is 0.504 e. The fraction of sp³-hybridized carbons (Fsp3) is 0.512. The van der Waals surface area contributed by atoms with E-state index in [4.69, 9.17) is 4.74 Å². The molecule has 0 aromatic heterocycles. The van der Waals surface area contributed by atoms with Crippen molar-refractivity contribution in [2.24, 2.45) is 23.7 Å². The lowest BCUT2D eigenvalue weighted by Gasteiger charge is -2.73. The van der Waals surface area contributed by atoms with E-state index >= 15 is 0 Å². The molecule has 1 aliphatic heterocycles. The van der Waals surface area contributed by atoms with Crippen molar-refractivity contribution < 1.29 is 30.0 Å². The molecule has 0 unspecified atom stereocenters. The van der Waals surface area contributed by atoms with Crippen LogP contribution in [0.2, 0.25) is 0 Å². The number of hydrogen-bond acceptors (Lipinski definition) is 8. The third-order valence-electron chi connectivity index (χ3n) is 13.6. The van der Waals surface area contributed by atoms with Crippen molar-refractivity contribution in [3.8, 4) is 34.8 Å². The van der Waals surface area contributed by atoms with E-state index in [9.17, 15) is 25.2 Å². The Morgan fingerprint density at radius 2 is 1.78 bits per heavy atom. The number of carbonyl (C=O) groups excluding carboxylic acids is 1. The first-order chi connectivity index (χ1) is 24.6. The molecule has 4 aliphatic carbocycles. The quantitative estimate of drug-likeness (QED) is 0.144. The number of hydrogen-bond donors (Lipinski definition) is 6. The number of benzene rings is 3. The van der Waals surface area contributed by atoms with Crippen molar-refractivity contribution in [2.45, 2.75) is 86.2 Å². The Morgan fingerprint density at radius 1 is 0.980 bits per heavy atom. The summed E-state index contributed by atoms with van der Waals surface area (Å²) in [6.07, 6.45) is 5.99. The highest BCUT2D eigenvalue weighted by atomic mass is 16.5. The van der Waals surface area contributed by atoms with Gasteiger partial charge in [0.05, 0.1) is 12.7 Å². The summed E-state index contributed by atoms with van der Waals surface area (Å²) in [6, 6.07) is 19.1. The van der Waals surface area contributed by atoms with Crippen molar-refractivity contribution in [2.75, 3.05) is 27.2 Å². The van der Waals surface area contributed by atoms with Crippen LogP contribution in [0.25, 0.3) is 0 Å². The van der Waals surface area contributed by atoms with E-state index in [-0.39, 0.29) is 76.9 Å². The normalized spacial score (nSPS) is 35.3. The molecule has 2 saturated carbocycles. The molecule has 0 radical (unpaired) electrons. The predicted octanol–water partition coefficient (Wildman–Crippen LogP) is 5.66. The minimum absolute atomic E-state index is 0.00231. The molecule has 1 heterocycles. The monoisotopic (exact) mass is 690 g/mol. The summed E-state index contributed by atoms with van der Waals surface area (Å²) < 4.78 is 5.49. The molecule has 8 nitrogen and oxygen atoms in total. The van der Waals surface area contributed by atoms with Gasteiger partial charge >= 0.3 is 0 Å². The molecule has 2 bridgehead atoms. The third-order valence-corrected chi connectivity index (χ3v) is 13.6. The van der Waals surface area contributed by atoms with E-state index in [2.05, 4.69) is 34.6 Å². The van der Waals surface area contributed by atoms with E-state index in [1.807, 2.05) is 37.4 Å². The Morgan fingerprint density at radius 3 is 2.57 bits per heavy atom. The van der Waals surface area contributed by atoms with Crippen molar-refractivity contribution in [3.05, 3.63) is 82.9 Å². The first kappa shape index (κ1) is 34.1. The summed E-state index contributed by atoms with van der Waals surface area (Å²) >= 11 is 0. The summed E-state index contributed by atoms with van der Waals surface area (Å²) in [6.45, 7) is 1.35. The Labute approximate surface area is 300 Å². The van der Waals surface area contributed by atoms with Crippen LogP contribution in [0.5, 0.6) is 23.0 Å². The van der Waals surface area contributed by atoms with Gasteiger partial charge in [-0.2, -0.15) is 0 Å². The van der Waals surface area contributed by atoms with E-state index in [1.165, 1.54) is 7.11 Å². The van der Waals surface area contributed by atoms with E-state index in [0.29, 0.717) is 25.1 Å². The molecule has 3 aromatic rings. The molecule has 9 atom stereocenters. The van der Waals surface area contributed by atoms with E-state index in [1.54, 1.807) is 18.2 Å². The van der Waals surface area contributed by atoms with Gasteiger partial charge < -0.3 is 35.8 Å². The Hall–Kier alpha value is -4.03. The Kier molecular flexibility index (Phi) is 8.60. The SMILES string of the molecule is CNC[C@H]1C[C@H]2CCC[C@]34CC[C@]5(O)CC(=O)C[C@H](c6ccc(O)c(OC)c6)[C@@H](Cc6ccccc6)C#C[C@H](CN3)[C@H]5[C@@]24c2cc(O)c(O)cc21. The number of aromatic hydroxyl groups is 3. The summed E-state index contributed by atoms with van der Waals surface area (Å²) in [5.41, 5.74) is 1.82. The summed E-state index contributed by atoms with van der Waals surface area (Å²) in [5.74, 6) is 6.90. The van der Waals surface area contributed by atoms with Gasteiger partial charge in [0.25, 0.3) is 0 Å².